The average Bonchev–Trinajstić information content (AvgIpc) is 2.96. The molecule has 0 saturated carbocycles. The summed E-state index contributed by atoms with van der Waals surface area (Å²) >= 11 is 0. The number of unbranched alkanes of at least 4 members (excludes halogenated alkanes) is 2. The lowest BCUT2D eigenvalue weighted by molar-refractivity contribution is -0.116. The van der Waals surface area contributed by atoms with Crippen molar-refractivity contribution >= 4 is 24.0 Å². The highest BCUT2D eigenvalue weighted by atomic mass is 35.5. The highest BCUT2D eigenvalue weighted by Gasteiger charge is 2.02. The monoisotopic (exact) mass is 323 g/mol. The van der Waals surface area contributed by atoms with Gasteiger partial charge in [-0.25, -0.2) is 0 Å². The van der Waals surface area contributed by atoms with Crippen LogP contribution in [0.4, 0.5) is 5.69 Å². The third-order valence-electron chi connectivity index (χ3n) is 3.14. The van der Waals surface area contributed by atoms with E-state index in [0.29, 0.717) is 13.0 Å². The predicted molar refractivity (Wildman–Crippen MR) is 88.7 cm³/mol. The summed E-state index contributed by atoms with van der Waals surface area (Å²) in [6.07, 6.45) is 5.24. The van der Waals surface area contributed by atoms with Crippen LogP contribution in [0.3, 0.4) is 0 Å². The maximum atomic E-state index is 11.7. The normalized spacial score (nSPS) is 10.0. The summed E-state index contributed by atoms with van der Waals surface area (Å²) in [7, 11) is 0. The maximum Gasteiger partial charge on any atom is 0.224 e. The van der Waals surface area contributed by atoms with Crippen LogP contribution < -0.4 is 11.1 Å². The number of aromatic nitrogens is 3. The molecule has 0 bridgehead atoms. The van der Waals surface area contributed by atoms with Gasteiger partial charge in [-0.2, -0.15) is 0 Å². The van der Waals surface area contributed by atoms with Gasteiger partial charge in [-0.3, -0.25) is 9.48 Å². The Labute approximate surface area is 136 Å². The fourth-order valence-electron chi connectivity index (χ4n) is 2.02. The molecule has 0 aliphatic carbocycles. The zero-order chi connectivity index (χ0) is 14.9. The quantitative estimate of drug-likeness (QED) is 0.730. The van der Waals surface area contributed by atoms with Gasteiger partial charge in [0, 0.05) is 31.4 Å². The van der Waals surface area contributed by atoms with Gasteiger partial charge in [0.25, 0.3) is 0 Å². The number of carbonyl (C=O) groups excluding carboxylic acids is 1. The van der Waals surface area contributed by atoms with Crippen molar-refractivity contribution in [3.63, 3.8) is 0 Å². The number of hydrogen-bond donors (Lipinski definition) is 2. The molecular formula is C15H22ClN5O. The van der Waals surface area contributed by atoms with Crippen molar-refractivity contribution in [2.75, 3.05) is 5.32 Å². The molecule has 1 amide bonds. The maximum absolute atomic E-state index is 11.7. The summed E-state index contributed by atoms with van der Waals surface area (Å²) < 4.78 is 1.80. The molecule has 0 saturated heterocycles. The average molecular weight is 324 g/mol. The molecule has 0 unspecified atom stereocenters. The number of benzene rings is 1. The molecule has 6 nitrogen and oxygen atoms in total. The summed E-state index contributed by atoms with van der Waals surface area (Å²) in [4.78, 5) is 11.7. The molecule has 3 N–H and O–H groups in total. The van der Waals surface area contributed by atoms with Crippen LogP contribution in [0.5, 0.6) is 0 Å². The minimum Gasteiger partial charge on any atom is -0.326 e. The second kappa shape index (κ2) is 9.92. The topological polar surface area (TPSA) is 85.8 Å². The number of para-hydroxylation sites is 1. The van der Waals surface area contributed by atoms with Crippen molar-refractivity contribution in [2.24, 2.45) is 5.73 Å². The first kappa shape index (κ1) is 18.1. The first-order valence-corrected chi connectivity index (χ1v) is 7.22. The molecule has 120 valence electrons. The van der Waals surface area contributed by atoms with Crippen LogP contribution in [-0.2, 0) is 17.9 Å². The van der Waals surface area contributed by atoms with E-state index in [-0.39, 0.29) is 18.3 Å². The number of amides is 1. The van der Waals surface area contributed by atoms with Gasteiger partial charge in [0.2, 0.25) is 5.91 Å². The number of hydrogen-bond acceptors (Lipinski definition) is 4. The van der Waals surface area contributed by atoms with Gasteiger partial charge >= 0.3 is 0 Å². The lowest BCUT2D eigenvalue weighted by atomic mass is 10.2. The fourth-order valence-corrected chi connectivity index (χ4v) is 2.02. The molecule has 0 aliphatic rings. The molecule has 7 heteroatoms. The van der Waals surface area contributed by atoms with Crippen molar-refractivity contribution in [1.82, 2.24) is 15.0 Å². The van der Waals surface area contributed by atoms with E-state index in [1.807, 2.05) is 36.5 Å². The number of halogens is 1. The van der Waals surface area contributed by atoms with E-state index < -0.39 is 0 Å². The van der Waals surface area contributed by atoms with Gasteiger partial charge in [-0.1, -0.05) is 29.8 Å². The molecule has 0 fully saturated rings. The van der Waals surface area contributed by atoms with Crippen LogP contribution in [0.25, 0.3) is 0 Å². The van der Waals surface area contributed by atoms with E-state index in [2.05, 4.69) is 15.6 Å². The minimum atomic E-state index is 0. The van der Waals surface area contributed by atoms with Crippen LogP contribution in [0.2, 0.25) is 0 Å². The summed E-state index contributed by atoms with van der Waals surface area (Å²) in [6.45, 7) is 1.23. The van der Waals surface area contributed by atoms with Gasteiger partial charge in [-0.05, 0) is 25.0 Å². The zero-order valence-electron chi connectivity index (χ0n) is 12.4. The van der Waals surface area contributed by atoms with E-state index in [4.69, 9.17) is 5.73 Å². The Morgan fingerprint density at radius 1 is 1.18 bits per heavy atom. The Kier molecular flexibility index (Phi) is 8.17. The van der Waals surface area contributed by atoms with Crippen LogP contribution in [-0.4, -0.2) is 20.9 Å². The van der Waals surface area contributed by atoms with Crippen molar-refractivity contribution in [1.29, 1.82) is 0 Å². The first-order valence-electron chi connectivity index (χ1n) is 7.22. The SMILES string of the molecule is Cl.NCc1cn(CCCCCC(=O)Nc2ccccc2)nn1. The number of nitrogens with two attached hydrogens (primary N) is 1. The van der Waals surface area contributed by atoms with Gasteiger partial charge in [0.1, 0.15) is 0 Å². The van der Waals surface area contributed by atoms with Crippen LogP contribution in [0.15, 0.2) is 36.5 Å². The fraction of sp³-hybridized carbons (Fsp3) is 0.400. The molecule has 22 heavy (non-hydrogen) atoms. The number of anilines is 1. The van der Waals surface area contributed by atoms with Crippen molar-refractivity contribution < 1.29 is 4.79 Å². The standard InChI is InChI=1S/C15H21N5O.ClH/c16-11-14-12-20(19-18-14)10-6-2-5-9-15(21)17-13-7-3-1-4-8-13;/h1,3-4,7-8,12H,2,5-6,9-11,16H2,(H,17,21);1H. The Morgan fingerprint density at radius 3 is 2.64 bits per heavy atom. The number of nitrogens with zero attached hydrogens (tertiary/aromatic N) is 3. The van der Waals surface area contributed by atoms with E-state index in [9.17, 15) is 4.79 Å². The van der Waals surface area contributed by atoms with Crippen molar-refractivity contribution in [3.05, 3.63) is 42.2 Å². The Hall–Kier alpha value is -1.92. The van der Waals surface area contributed by atoms with Crippen LogP contribution in [0.1, 0.15) is 31.4 Å². The van der Waals surface area contributed by atoms with E-state index in [1.54, 1.807) is 4.68 Å². The smallest absolute Gasteiger partial charge is 0.224 e. The molecule has 1 heterocycles. The third-order valence-corrected chi connectivity index (χ3v) is 3.14. The first-order chi connectivity index (χ1) is 10.3. The molecule has 1 aromatic heterocycles. The highest BCUT2D eigenvalue weighted by Crippen LogP contribution is 2.08. The zero-order valence-corrected chi connectivity index (χ0v) is 13.3. The molecule has 0 spiro atoms. The van der Waals surface area contributed by atoms with E-state index >= 15 is 0 Å². The van der Waals surface area contributed by atoms with Gasteiger partial charge in [-0.15, -0.1) is 17.5 Å². The van der Waals surface area contributed by atoms with Gasteiger partial charge in [0.05, 0.1) is 5.69 Å². The summed E-state index contributed by atoms with van der Waals surface area (Å²) in [5, 5.41) is 10.8. The summed E-state index contributed by atoms with van der Waals surface area (Å²) in [5.41, 5.74) is 7.13. The lowest BCUT2D eigenvalue weighted by Crippen LogP contribution is -2.11. The van der Waals surface area contributed by atoms with Crippen molar-refractivity contribution in [2.45, 2.75) is 38.8 Å². The minimum absolute atomic E-state index is 0. The number of aryl methyl sites for hydroxylation is 1. The highest BCUT2D eigenvalue weighted by molar-refractivity contribution is 5.90. The summed E-state index contributed by atoms with van der Waals surface area (Å²) in [6, 6.07) is 9.51. The second-order valence-electron chi connectivity index (χ2n) is 4.90. The number of rotatable bonds is 8. The molecular weight excluding hydrogens is 302 g/mol. The largest absolute Gasteiger partial charge is 0.326 e. The Morgan fingerprint density at radius 2 is 1.95 bits per heavy atom. The molecule has 2 aromatic rings. The third kappa shape index (κ3) is 6.24. The van der Waals surface area contributed by atoms with E-state index in [0.717, 1.165) is 37.2 Å². The van der Waals surface area contributed by atoms with Crippen LogP contribution >= 0.6 is 12.4 Å². The molecule has 1 aromatic carbocycles. The van der Waals surface area contributed by atoms with Gasteiger partial charge < -0.3 is 11.1 Å². The molecule has 0 aliphatic heterocycles. The summed E-state index contributed by atoms with van der Waals surface area (Å²) in [5.74, 6) is 0.0624. The number of carbonyl (C=O) groups is 1. The molecule has 0 radical (unpaired) electrons. The Bertz CT molecular complexity index is 558. The van der Waals surface area contributed by atoms with Gasteiger partial charge in [0.15, 0.2) is 0 Å². The number of nitrogens with one attached hydrogen (secondary N) is 1. The van der Waals surface area contributed by atoms with E-state index in [1.165, 1.54) is 0 Å². The Balaban J connectivity index is 0.00000242. The second-order valence-corrected chi connectivity index (χ2v) is 4.90. The predicted octanol–water partition coefficient (Wildman–Crippen LogP) is 2.36. The molecule has 0 atom stereocenters. The van der Waals surface area contributed by atoms with Crippen molar-refractivity contribution in [3.8, 4) is 0 Å². The molecule has 2 rings (SSSR count). The van der Waals surface area contributed by atoms with Crippen LogP contribution in [0, 0.1) is 0 Å². The lowest BCUT2D eigenvalue weighted by Gasteiger charge is -2.05.